The number of nitro groups is 1. The first-order chi connectivity index (χ1) is 21.6. The molecule has 224 valence electrons. The summed E-state index contributed by atoms with van der Waals surface area (Å²) in [6.07, 6.45) is 3.00. The number of rotatable bonds is 7. The zero-order valence-corrected chi connectivity index (χ0v) is 24.6. The van der Waals surface area contributed by atoms with Crippen molar-refractivity contribution in [1.29, 1.82) is 0 Å². The molecule has 2 amide bonds. The minimum Gasteiger partial charge on any atom is -0.454 e. The maximum absolute atomic E-state index is 13.4. The predicted molar refractivity (Wildman–Crippen MR) is 165 cm³/mol. The lowest BCUT2D eigenvalue weighted by atomic mass is 9.82. The van der Waals surface area contributed by atoms with Gasteiger partial charge in [-0.05, 0) is 73.7 Å². The number of amides is 2. The Morgan fingerprint density at radius 2 is 1.71 bits per heavy atom. The van der Waals surface area contributed by atoms with Crippen molar-refractivity contribution in [2.24, 2.45) is 23.7 Å². The smallest absolute Gasteiger partial charge is 0.339 e. The summed E-state index contributed by atoms with van der Waals surface area (Å²) in [5.41, 5.74) is 3.33. The summed E-state index contributed by atoms with van der Waals surface area (Å²) in [6, 6.07) is 18.3. The van der Waals surface area contributed by atoms with E-state index in [4.69, 9.17) is 21.3 Å². The number of anilines is 1. The van der Waals surface area contributed by atoms with Crippen LogP contribution < -0.4 is 4.90 Å². The number of halogens is 1. The summed E-state index contributed by atoms with van der Waals surface area (Å²) < 4.78 is 5.36. The zero-order chi connectivity index (χ0) is 31.6. The molecule has 4 atom stereocenters. The number of esters is 1. The van der Waals surface area contributed by atoms with Gasteiger partial charge in [0.1, 0.15) is 0 Å². The number of carbonyl (C=O) groups excluding carboxylic acids is 4. The largest absolute Gasteiger partial charge is 0.454 e. The molecule has 10 nitrogen and oxygen atoms in total. The molecule has 0 spiro atoms. The number of nitro benzene ring substituents is 1. The van der Waals surface area contributed by atoms with Gasteiger partial charge in [-0.1, -0.05) is 35.4 Å². The van der Waals surface area contributed by atoms with Gasteiger partial charge < -0.3 is 4.74 Å². The quantitative estimate of drug-likeness (QED) is 0.0593. The van der Waals surface area contributed by atoms with Gasteiger partial charge in [-0.3, -0.25) is 29.4 Å². The van der Waals surface area contributed by atoms with Crippen molar-refractivity contribution in [2.75, 3.05) is 11.5 Å². The van der Waals surface area contributed by atoms with E-state index in [1.54, 1.807) is 42.5 Å². The van der Waals surface area contributed by atoms with Crippen LogP contribution in [0.2, 0.25) is 5.02 Å². The minimum atomic E-state index is -0.781. The van der Waals surface area contributed by atoms with Gasteiger partial charge in [-0.15, -0.1) is 0 Å². The summed E-state index contributed by atoms with van der Waals surface area (Å²) in [4.78, 5) is 68.9. The molecule has 11 heteroatoms. The summed E-state index contributed by atoms with van der Waals surface area (Å²) in [6.45, 7) is 1.45. The van der Waals surface area contributed by atoms with Crippen LogP contribution in [-0.2, 0) is 14.3 Å². The third-order valence-electron chi connectivity index (χ3n) is 9.03. The van der Waals surface area contributed by atoms with Crippen LogP contribution in [0, 0.1) is 33.8 Å². The number of aromatic nitrogens is 1. The number of hydrogen-bond acceptors (Lipinski definition) is 8. The fourth-order valence-electron chi connectivity index (χ4n) is 6.89. The van der Waals surface area contributed by atoms with E-state index < -0.39 is 23.3 Å². The van der Waals surface area contributed by atoms with E-state index in [-0.39, 0.29) is 52.3 Å². The van der Waals surface area contributed by atoms with Gasteiger partial charge in [-0.25, -0.2) is 9.78 Å². The first-order valence-corrected chi connectivity index (χ1v) is 14.7. The number of non-ortho nitro benzene ring substituents is 1. The maximum Gasteiger partial charge on any atom is 0.339 e. The molecule has 1 aromatic heterocycles. The molecular formula is C34H24ClN3O7. The number of allylic oxidation sites excluding steroid dienone is 2. The van der Waals surface area contributed by atoms with Gasteiger partial charge >= 0.3 is 5.97 Å². The number of benzene rings is 3. The molecule has 4 unspecified atom stereocenters. The number of nitrogens with zero attached hydrogens (tertiary/aromatic N) is 3. The molecule has 3 aliphatic rings. The van der Waals surface area contributed by atoms with E-state index in [0.717, 1.165) is 6.42 Å². The monoisotopic (exact) mass is 621 g/mol. The molecule has 1 aliphatic heterocycles. The lowest BCUT2D eigenvalue weighted by Crippen LogP contribution is -2.32. The van der Waals surface area contributed by atoms with Crippen LogP contribution in [0.15, 0.2) is 84.4 Å². The molecule has 2 bridgehead atoms. The second-order valence-electron chi connectivity index (χ2n) is 11.5. The van der Waals surface area contributed by atoms with E-state index in [2.05, 4.69) is 6.08 Å². The fourth-order valence-corrected chi connectivity index (χ4v) is 7.06. The number of carbonyl (C=O) groups is 4. The number of hydrogen-bond donors (Lipinski definition) is 0. The van der Waals surface area contributed by atoms with Crippen LogP contribution in [-0.4, -0.2) is 40.1 Å². The van der Waals surface area contributed by atoms with Crippen molar-refractivity contribution in [3.05, 3.63) is 111 Å². The maximum atomic E-state index is 13.4. The Balaban J connectivity index is 1.14. The number of fused-ring (bicyclic) bond motifs is 6. The molecule has 3 aromatic carbocycles. The standard InChI is InChI=1S/C34H24ClN3O7/c1-17-12-20-13-24(17)31-30(20)32(40)37(33(31)41)22-7-2-18(3-8-22)28-15-26(25-14-21(35)6-11-27(25)36-28)34(42)45-16-29(39)19-4-9-23(10-5-19)38(43)44/h2-12,14-15,20,24,30-31H,13,16H2,1H3. The van der Waals surface area contributed by atoms with Crippen molar-refractivity contribution in [3.63, 3.8) is 0 Å². The van der Waals surface area contributed by atoms with Crippen LogP contribution in [0.25, 0.3) is 22.2 Å². The Morgan fingerprint density at radius 1 is 1.00 bits per heavy atom. The van der Waals surface area contributed by atoms with Gasteiger partial charge in [0.15, 0.2) is 12.4 Å². The predicted octanol–water partition coefficient (Wildman–Crippen LogP) is 6.20. The molecule has 4 aromatic rings. The van der Waals surface area contributed by atoms with Crippen LogP contribution in [0.1, 0.15) is 34.1 Å². The highest BCUT2D eigenvalue weighted by Gasteiger charge is 2.60. The van der Waals surface area contributed by atoms with Gasteiger partial charge in [0.2, 0.25) is 11.8 Å². The number of pyridine rings is 1. The second-order valence-corrected chi connectivity index (χ2v) is 12.0. The van der Waals surface area contributed by atoms with Crippen molar-refractivity contribution in [1.82, 2.24) is 4.98 Å². The molecule has 1 saturated carbocycles. The SMILES string of the molecule is CC1=CC2CC1C1C(=O)N(c3ccc(-c4cc(C(=O)OCC(=O)c5ccc([N+](=O)[O-])cc5)c5cc(Cl)ccc5n4)cc3)C(=O)C21. The van der Waals surface area contributed by atoms with Crippen LogP contribution in [0.5, 0.6) is 0 Å². The van der Waals surface area contributed by atoms with E-state index in [9.17, 15) is 29.3 Å². The summed E-state index contributed by atoms with van der Waals surface area (Å²) >= 11 is 6.22. The first-order valence-electron chi connectivity index (χ1n) is 14.3. The van der Waals surface area contributed by atoms with E-state index in [1.165, 1.54) is 40.8 Å². The molecule has 2 aliphatic carbocycles. The van der Waals surface area contributed by atoms with E-state index >= 15 is 0 Å². The van der Waals surface area contributed by atoms with Gasteiger partial charge in [-0.2, -0.15) is 0 Å². The number of ketones is 1. The summed E-state index contributed by atoms with van der Waals surface area (Å²) in [5.74, 6) is -2.01. The number of Topliss-reactive ketones (excluding diaryl/α,β-unsaturated/α-hetero) is 1. The fraction of sp³-hybridized carbons (Fsp3) is 0.206. The van der Waals surface area contributed by atoms with Crippen molar-refractivity contribution in [3.8, 4) is 11.3 Å². The Bertz CT molecular complexity index is 1990. The normalized spacial score (nSPS) is 21.6. The highest BCUT2D eigenvalue weighted by Crippen LogP contribution is 2.56. The zero-order valence-electron chi connectivity index (χ0n) is 23.8. The Kier molecular flexibility index (Phi) is 6.81. The molecule has 2 fully saturated rings. The lowest BCUT2D eigenvalue weighted by Gasteiger charge is -2.19. The highest BCUT2D eigenvalue weighted by atomic mass is 35.5. The summed E-state index contributed by atoms with van der Waals surface area (Å²) in [7, 11) is 0. The van der Waals surface area contributed by atoms with E-state index in [0.29, 0.717) is 32.9 Å². The third kappa shape index (κ3) is 4.78. The number of imide groups is 1. The molecule has 0 radical (unpaired) electrons. The average Bonchev–Trinajstić information content (AvgIpc) is 3.68. The second kappa shape index (κ2) is 10.7. The molecule has 0 N–H and O–H groups in total. The van der Waals surface area contributed by atoms with Gasteiger partial charge in [0.05, 0.1) is 39.2 Å². The molecule has 7 rings (SSSR count). The first kappa shape index (κ1) is 28.5. The summed E-state index contributed by atoms with van der Waals surface area (Å²) in [5, 5.41) is 11.7. The van der Waals surface area contributed by atoms with Crippen LogP contribution >= 0.6 is 11.6 Å². The van der Waals surface area contributed by atoms with Crippen LogP contribution in [0.4, 0.5) is 11.4 Å². The molecular weight excluding hydrogens is 598 g/mol. The van der Waals surface area contributed by atoms with E-state index in [1.807, 2.05) is 6.92 Å². The van der Waals surface area contributed by atoms with Crippen molar-refractivity contribution >= 4 is 57.4 Å². The Labute approximate surface area is 261 Å². The molecule has 45 heavy (non-hydrogen) atoms. The average molecular weight is 622 g/mol. The topological polar surface area (TPSA) is 137 Å². The number of ether oxygens (including phenoxy) is 1. The minimum absolute atomic E-state index is 0.110. The third-order valence-corrected chi connectivity index (χ3v) is 9.26. The van der Waals surface area contributed by atoms with Gasteiger partial charge in [0, 0.05) is 33.7 Å². The van der Waals surface area contributed by atoms with Crippen LogP contribution in [0.3, 0.4) is 0 Å². The van der Waals surface area contributed by atoms with Crippen molar-refractivity contribution < 1.29 is 28.8 Å². The van der Waals surface area contributed by atoms with Crippen molar-refractivity contribution in [2.45, 2.75) is 13.3 Å². The lowest BCUT2D eigenvalue weighted by molar-refractivity contribution is -0.384. The molecule has 2 heterocycles. The molecule has 1 saturated heterocycles. The Hall–Kier alpha value is -5.22. The Morgan fingerprint density at radius 3 is 2.42 bits per heavy atom. The highest BCUT2D eigenvalue weighted by molar-refractivity contribution is 6.31. The van der Waals surface area contributed by atoms with Gasteiger partial charge in [0.25, 0.3) is 5.69 Å².